The van der Waals surface area contributed by atoms with Crippen molar-refractivity contribution >= 4 is 39.4 Å². The van der Waals surface area contributed by atoms with Crippen molar-refractivity contribution < 1.29 is 4.79 Å². The van der Waals surface area contributed by atoms with Crippen LogP contribution in [0.5, 0.6) is 0 Å². The van der Waals surface area contributed by atoms with Crippen LogP contribution < -0.4 is 16.0 Å². The molecular weight excluding hydrogens is 478 g/mol. The Morgan fingerprint density at radius 2 is 1.38 bits per heavy atom. The summed E-state index contributed by atoms with van der Waals surface area (Å²) in [5, 5.41) is 12.8. The number of carbonyl (C=O) groups excluding carboxylic acids is 1. The second-order valence-corrected chi connectivity index (χ2v) is 10.3. The van der Waals surface area contributed by atoms with Crippen LogP contribution in [0.2, 0.25) is 0 Å². The Morgan fingerprint density at radius 1 is 0.692 bits per heavy atom. The van der Waals surface area contributed by atoms with E-state index in [1.54, 1.807) is 0 Å². The molecule has 3 atom stereocenters. The van der Waals surface area contributed by atoms with Crippen LogP contribution in [0.4, 0.5) is 22.7 Å². The number of hydrogen-bond donors (Lipinski definition) is 3. The minimum absolute atomic E-state index is 0.111. The quantitative estimate of drug-likeness (QED) is 0.209. The van der Waals surface area contributed by atoms with Crippen LogP contribution in [0.3, 0.4) is 0 Å². The molecule has 0 bridgehead atoms. The molecular formula is C35H29N3O. The van der Waals surface area contributed by atoms with E-state index in [-0.39, 0.29) is 17.9 Å². The van der Waals surface area contributed by atoms with Gasteiger partial charge in [-0.25, -0.2) is 0 Å². The molecule has 1 aliphatic heterocycles. The molecule has 190 valence electrons. The molecule has 0 saturated carbocycles. The zero-order valence-corrected chi connectivity index (χ0v) is 21.5. The Hall–Kier alpha value is -4.83. The number of rotatable bonds is 5. The van der Waals surface area contributed by atoms with E-state index in [4.69, 9.17) is 0 Å². The number of anilines is 4. The molecule has 1 heterocycles. The lowest BCUT2D eigenvalue weighted by Gasteiger charge is -2.38. The molecule has 4 heteroatoms. The molecule has 5 aromatic rings. The fourth-order valence-corrected chi connectivity index (χ4v) is 6.16. The van der Waals surface area contributed by atoms with Gasteiger partial charge in [0.1, 0.15) is 0 Å². The van der Waals surface area contributed by atoms with Crippen molar-refractivity contribution in [3.63, 3.8) is 0 Å². The average molecular weight is 508 g/mol. The van der Waals surface area contributed by atoms with Gasteiger partial charge in [0.05, 0.1) is 17.3 Å². The highest BCUT2D eigenvalue weighted by Gasteiger charge is 2.39. The number of nitrogens with one attached hydrogen (secondary N) is 3. The van der Waals surface area contributed by atoms with Crippen molar-refractivity contribution in [2.75, 3.05) is 16.0 Å². The van der Waals surface area contributed by atoms with E-state index in [2.05, 4.69) is 76.6 Å². The maximum atomic E-state index is 13.6. The van der Waals surface area contributed by atoms with Crippen molar-refractivity contribution in [2.45, 2.75) is 18.4 Å². The van der Waals surface area contributed by atoms with Gasteiger partial charge in [0.25, 0.3) is 5.91 Å². The first-order chi connectivity index (χ1) is 19.2. The summed E-state index contributed by atoms with van der Waals surface area (Å²) < 4.78 is 0. The maximum absolute atomic E-state index is 13.6. The lowest BCUT2D eigenvalue weighted by molar-refractivity contribution is 0.102. The van der Waals surface area contributed by atoms with E-state index in [1.165, 1.54) is 21.9 Å². The number of amides is 1. The molecule has 0 fully saturated rings. The maximum Gasteiger partial charge on any atom is 0.257 e. The highest BCUT2D eigenvalue weighted by Crippen LogP contribution is 2.51. The SMILES string of the molecule is O=C(Nc1ccc(Nc2ccccc2)cc1)c1cccc2c1NC(c1cccc3ccccc13)C1CC=CC21. The van der Waals surface area contributed by atoms with Gasteiger partial charge in [0.2, 0.25) is 0 Å². The Balaban J connectivity index is 1.18. The van der Waals surface area contributed by atoms with Gasteiger partial charge in [0, 0.05) is 23.0 Å². The molecule has 0 aromatic heterocycles. The topological polar surface area (TPSA) is 53.2 Å². The summed E-state index contributed by atoms with van der Waals surface area (Å²) >= 11 is 0. The zero-order valence-electron chi connectivity index (χ0n) is 21.5. The van der Waals surface area contributed by atoms with Crippen LogP contribution >= 0.6 is 0 Å². The van der Waals surface area contributed by atoms with Gasteiger partial charge in [-0.05, 0) is 76.7 Å². The minimum Gasteiger partial charge on any atom is -0.377 e. The van der Waals surface area contributed by atoms with Crippen molar-refractivity contribution in [3.05, 3.63) is 144 Å². The molecule has 5 aromatic carbocycles. The molecule has 3 N–H and O–H groups in total. The summed E-state index contributed by atoms with van der Waals surface area (Å²) in [5.41, 5.74) is 6.84. The lowest BCUT2D eigenvalue weighted by atomic mass is 9.75. The number of fused-ring (bicyclic) bond motifs is 4. The number of hydrogen-bond acceptors (Lipinski definition) is 3. The standard InChI is InChI=1S/C35H29N3O/c39-35(37-26-21-19-25(20-22-26)36-24-11-2-1-3-12-24)32-18-8-17-31-28-14-7-16-30(28)33(38-34(31)32)29-15-6-10-23-9-4-5-13-27(23)29/h1-15,17-22,28,30,33,36,38H,16H2,(H,37,39). The second-order valence-electron chi connectivity index (χ2n) is 10.3. The highest BCUT2D eigenvalue weighted by atomic mass is 16.1. The molecule has 1 amide bonds. The zero-order chi connectivity index (χ0) is 26.2. The molecule has 3 unspecified atom stereocenters. The van der Waals surface area contributed by atoms with Crippen molar-refractivity contribution in [1.29, 1.82) is 0 Å². The predicted octanol–water partition coefficient (Wildman–Crippen LogP) is 8.66. The van der Waals surface area contributed by atoms with Crippen LogP contribution in [0.25, 0.3) is 10.8 Å². The van der Waals surface area contributed by atoms with Crippen LogP contribution in [0.15, 0.2) is 127 Å². The number of benzene rings is 5. The van der Waals surface area contributed by atoms with Gasteiger partial charge < -0.3 is 16.0 Å². The molecule has 2 aliphatic rings. The Morgan fingerprint density at radius 3 is 2.26 bits per heavy atom. The fourth-order valence-electron chi connectivity index (χ4n) is 6.16. The van der Waals surface area contributed by atoms with Crippen LogP contribution in [0.1, 0.15) is 39.9 Å². The van der Waals surface area contributed by atoms with E-state index < -0.39 is 0 Å². The van der Waals surface area contributed by atoms with Gasteiger partial charge in [0.15, 0.2) is 0 Å². The van der Waals surface area contributed by atoms with E-state index in [1.807, 2.05) is 66.7 Å². The van der Waals surface area contributed by atoms with E-state index in [0.29, 0.717) is 11.5 Å². The lowest BCUT2D eigenvalue weighted by Crippen LogP contribution is -2.31. The first kappa shape index (κ1) is 23.3. The van der Waals surface area contributed by atoms with Crippen molar-refractivity contribution in [3.8, 4) is 0 Å². The number of carbonyl (C=O) groups is 1. The average Bonchev–Trinajstić information content (AvgIpc) is 3.48. The molecule has 39 heavy (non-hydrogen) atoms. The van der Waals surface area contributed by atoms with Gasteiger partial charge in [-0.3, -0.25) is 4.79 Å². The Kier molecular flexibility index (Phi) is 5.86. The fraction of sp³-hybridized carbons (Fsp3) is 0.114. The molecule has 0 spiro atoms. The van der Waals surface area contributed by atoms with Gasteiger partial charge in [-0.1, -0.05) is 84.9 Å². The van der Waals surface area contributed by atoms with Crippen LogP contribution in [-0.2, 0) is 0 Å². The van der Waals surface area contributed by atoms with Gasteiger partial charge >= 0.3 is 0 Å². The summed E-state index contributed by atoms with van der Waals surface area (Å²) in [5.74, 6) is 0.577. The molecule has 0 saturated heterocycles. The monoisotopic (exact) mass is 507 g/mol. The van der Waals surface area contributed by atoms with E-state index in [0.717, 1.165) is 29.2 Å². The number of para-hydroxylation sites is 2. The Bertz CT molecular complexity index is 1690. The van der Waals surface area contributed by atoms with Crippen molar-refractivity contribution in [1.82, 2.24) is 0 Å². The van der Waals surface area contributed by atoms with Crippen molar-refractivity contribution in [2.24, 2.45) is 5.92 Å². The van der Waals surface area contributed by atoms with E-state index >= 15 is 0 Å². The molecule has 4 nitrogen and oxygen atoms in total. The van der Waals surface area contributed by atoms with E-state index in [9.17, 15) is 4.79 Å². The third kappa shape index (κ3) is 4.34. The van der Waals surface area contributed by atoms with Gasteiger partial charge in [-0.15, -0.1) is 0 Å². The van der Waals surface area contributed by atoms with Crippen LogP contribution in [0, 0.1) is 5.92 Å². The number of allylic oxidation sites excluding steroid dienone is 2. The summed E-state index contributed by atoms with van der Waals surface area (Å²) in [4.78, 5) is 13.6. The predicted molar refractivity (Wildman–Crippen MR) is 161 cm³/mol. The highest BCUT2D eigenvalue weighted by molar-refractivity contribution is 6.09. The summed E-state index contributed by atoms with van der Waals surface area (Å²) in [6.45, 7) is 0. The smallest absolute Gasteiger partial charge is 0.257 e. The first-order valence-corrected chi connectivity index (χ1v) is 13.5. The van der Waals surface area contributed by atoms with Gasteiger partial charge in [-0.2, -0.15) is 0 Å². The normalized spacial score (nSPS) is 19.1. The largest absolute Gasteiger partial charge is 0.377 e. The summed E-state index contributed by atoms with van der Waals surface area (Å²) in [6, 6.07) is 39.2. The third-order valence-electron chi connectivity index (χ3n) is 8.01. The minimum atomic E-state index is -0.111. The first-order valence-electron chi connectivity index (χ1n) is 13.5. The molecule has 1 aliphatic carbocycles. The summed E-state index contributed by atoms with van der Waals surface area (Å²) in [7, 11) is 0. The van der Waals surface area contributed by atoms with Crippen LogP contribution in [-0.4, -0.2) is 5.91 Å². The Labute approximate surface area is 228 Å². The summed E-state index contributed by atoms with van der Waals surface area (Å²) in [6.07, 6.45) is 5.63. The second kappa shape index (κ2) is 9.80. The molecule has 0 radical (unpaired) electrons. The third-order valence-corrected chi connectivity index (χ3v) is 8.01. The molecule has 7 rings (SSSR count).